The number of phenols is 2. The fraction of sp³-hybridized carbons (Fsp3) is 0.394. The van der Waals surface area contributed by atoms with Gasteiger partial charge in [0.15, 0.2) is 11.5 Å². The van der Waals surface area contributed by atoms with Gasteiger partial charge in [0.05, 0.1) is 27.0 Å². The van der Waals surface area contributed by atoms with Crippen LogP contribution in [-0.2, 0) is 19.3 Å². The van der Waals surface area contributed by atoms with Crippen LogP contribution in [0, 0.1) is 0 Å². The van der Waals surface area contributed by atoms with Crippen molar-refractivity contribution in [1.29, 1.82) is 0 Å². The van der Waals surface area contributed by atoms with E-state index in [4.69, 9.17) is 14.2 Å². The van der Waals surface area contributed by atoms with Crippen molar-refractivity contribution >= 4 is 0 Å². The molecule has 222 valence electrons. The summed E-state index contributed by atoms with van der Waals surface area (Å²) < 4.78 is 18.0. The van der Waals surface area contributed by atoms with Crippen LogP contribution in [0.1, 0.15) is 52.7 Å². The molecule has 0 saturated carbocycles. The van der Waals surface area contributed by atoms with Gasteiger partial charge in [0.2, 0.25) is 0 Å². The van der Waals surface area contributed by atoms with Crippen LogP contribution < -0.4 is 19.5 Å². The standard InChI is InChI=1S/C33H38N2O7/c1-40-28-17-27-25(16-26(38)33(42-27)22-13-20(4-3-11-36)32(39)29(15-22)41-2)30-19(7-9-35-10-8-34-18-35)12-21-14-23(37)5-6-24(21)31(28)30/h5-6,8,10,13-15,17,19,26,33-34,36-39H,3-4,7,9,11-12,16,18H2,1-2H3. The molecule has 3 aliphatic rings. The zero-order chi connectivity index (χ0) is 29.4. The number of aromatic hydroxyl groups is 2. The highest BCUT2D eigenvalue weighted by molar-refractivity contribution is 5.83. The van der Waals surface area contributed by atoms with Crippen LogP contribution in [0.25, 0.3) is 11.1 Å². The smallest absolute Gasteiger partial charge is 0.161 e. The van der Waals surface area contributed by atoms with E-state index in [1.165, 1.54) is 7.11 Å². The van der Waals surface area contributed by atoms with Gasteiger partial charge < -0.3 is 44.9 Å². The molecule has 2 aliphatic heterocycles. The van der Waals surface area contributed by atoms with Gasteiger partial charge in [-0.25, -0.2) is 0 Å². The molecular formula is C33H38N2O7. The summed E-state index contributed by atoms with van der Waals surface area (Å²) in [6, 6.07) is 10.9. The van der Waals surface area contributed by atoms with E-state index in [9.17, 15) is 20.4 Å². The number of benzene rings is 3. The van der Waals surface area contributed by atoms with Gasteiger partial charge >= 0.3 is 0 Å². The Morgan fingerprint density at radius 2 is 1.88 bits per heavy atom. The predicted molar refractivity (Wildman–Crippen MR) is 158 cm³/mol. The van der Waals surface area contributed by atoms with Crippen molar-refractivity contribution in [3.05, 3.63) is 76.6 Å². The Morgan fingerprint density at radius 1 is 1.05 bits per heavy atom. The van der Waals surface area contributed by atoms with Crippen molar-refractivity contribution in [1.82, 2.24) is 10.2 Å². The maximum atomic E-state index is 11.6. The molecule has 0 aromatic heterocycles. The molecule has 0 bridgehead atoms. The lowest BCUT2D eigenvalue weighted by Gasteiger charge is -2.38. The lowest BCUT2D eigenvalue weighted by Crippen LogP contribution is -2.32. The topological polar surface area (TPSA) is 124 Å². The highest BCUT2D eigenvalue weighted by atomic mass is 16.5. The SMILES string of the molecule is COc1cc(C2Oc3cc(OC)c4c(c3CC2O)C(CCN2C=CNC2)Cc2cc(O)ccc2-4)cc(CCCO)c1O. The lowest BCUT2D eigenvalue weighted by atomic mass is 9.73. The van der Waals surface area contributed by atoms with Gasteiger partial charge in [0, 0.05) is 49.2 Å². The van der Waals surface area contributed by atoms with Gasteiger partial charge in [-0.05, 0) is 83.7 Å². The summed E-state index contributed by atoms with van der Waals surface area (Å²) in [5.74, 6) is 2.05. The zero-order valence-corrected chi connectivity index (χ0v) is 24.0. The zero-order valence-electron chi connectivity index (χ0n) is 24.0. The van der Waals surface area contributed by atoms with E-state index in [1.54, 1.807) is 19.2 Å². The molecule has 6 rings (SSSR count). The van der Waals surface area contributed by atoms with Gasteiger partial charge in [-0.1, -0.05) is 6.07 Å². The molecule has 2 heterocycles. The molecule has 9 heteroatoms. The van der Waals surface area contributed by atoms with Crippen LogP contribution in [0.2, 0.25) is 0 Å². The molecule has 0 amide bonds. The number of hydrogen-bond acceptors (Lipinski definition) is 9. The Hall–Kier alpha value is -4.08. The molecule has 0 saturated heterocycles. The molecule has 0 spiro atoms. The number of nitrogens with one attached hydrogen (secondary N) is 1. The van der Waals surface area contributed by atoms with E-state index in [2.05, 4.69) is 16.4 Å². The highest BCUT2D eigenvalue weighted by Crippen LogP contribution is 2.53. The van der Waals surface area contributed by atoms with Crippen LogP contribution in [0.4, 0.5) is 0 Å². The number of hydrogen-bond donors (Lipinski definition) is 5. The molecule has 9 nitrogen and oxygen atoms in total. The summed E-state index contributed by atoms with van der Waals surface area (Å²) in [6.07, 6.45) is 5.44. The molecular weight excluding hydrogens is 536 g/mol. The molecule has 3 unspecified atom stereocenters. The third kappa shape index (κ3) is 5.07. The Bertz CT molecular complexity index is 1500. The molecule has 3 atom stereocenters. The van der Waals surface area contributed by atoms with Gasteiger partial charge in [-0.2, -0.15) is 0 Å². The van der Waals surface area contributed by atoms with Crippen molar-refractivity contribution in [3.8, 4) is 39.9 Å². The molecule has 42 heavy (non-hydrogen) atoms. The largest absolute Gasteiger partial charge is 0.508 e. The van der Waals surface area contributed by atoms with E-state index in [0.29, 0.717) is 47.6 Å². The average Bonchev–Trinajstić information content (AvgIpc) is 3.52. The fourth-order valence-electron chi connectivity index (χ4n) is 6.65. The van der Waals surface area contributed by atoms with Gasteiger partial charge in [0.1, 0.15) is 23.4 Å². The third-order valence-electron chi connectivity index (χ3n) is 8.66. The number of phenolic OH excluding ortho intramolecular Hbond substituents is 2. The van der Waals surface area contributed by atoms with E-state index >= 15 is 0 Å². The number of rotatable bonds is 9. The second-order valence-corrected chi connectivity index (χ2v) is 11.2. The number of aliphatic hydroxyl groups excluding tert-OH is 2. The third-order valence-corrected chi connectivity index (χ3v) is 8.66. The molecule has 3 aromatic carbocycles. The van der Waals surface area contributed by atoms with E-state index in [0.717, 1.165) is 53.9 Å². The molecule has 1 aliphatic carbocycles. The Morgan fingerprint density at radius 3 is 2.62 bits per heavy atom. The minimum Gasteiger partial charge on any atom is -0.508 e. The molecule has 0 radical (unpaired) electrons. The van der Waals surface area contributed by atoms with Crippen LogP contribution >= 0.6 is 0 Å². The minimum atomic E-state index is -0.845. The maximum Gasteiger partial charge on any atom is 0.161 e. The van der Waals surface area contributed by atoms with Gasteiger partial charge in [-0.3, -0.25) is 0 Å². The predicted octanol–water partition coefficient (Wildman–Crippen LogP) is 4.11. The first-order chi connectivity index (χ1) is 20.4. The first-order valence-corrected chi connectivity index (χ1v) is 14.5. The van der Waals surface area contributed by atoms with Crippen LogP contribution in [0.15, 0.2) is 48.8 Å². The van der Waals surface area contributed by atoms with Gasteiger partial charge in [0.25, 0.3) is 0 Å². The fourth-order valence-corrected chi connectivity index (χ4v) is 6.65. The van der Waals surface area contributed by atoms with Crippen molar-refractivity contribution in [2.45, 2.75) is 50.2 Å². The first kappa shape index (κ1) is 28.1. The summed E-state index contributed by atoms with van der Waals surface area (Å²) >= 11 is 0. The second kappa shape index (κ2) is 11.7. The van der Waals surface area contributed by atoms with E-state index < -0.39 is 12.2 Å². The van der Waals surface area contributed by atoms with Crippen molar-refractivity contribution in [3.63, 3.8) is 0 Å². The molecule has 3 aromatic rings. The minimum absolute atomic E-state index is 0.00128. The summed E-state index contributed by atoms with van der Waals surface area (Å²) in [6.45, 7) is 1.62. The number of methoxy groups -OCH3 is 2. The van der Waals surface area contributed by atoms with Gasteiger partial charge in [-0.15, -0.1) is 0 Å². The number of aryl methyl sites for hydroxylation is 1. The summed E-state index contributed by atoms with van der Waals surface area (Å²) in [5, 5.41) is 45.1. The average molecular weight is 575 g/mol. The summed E-state index contributed by atoms with van der Waals surface area (Å²) in [5.41, 5.74) is 6.51. The second-order valence-electron chi connectivity index (χ2n) is 11.2. The lowest BCUT2D eigenvalue weighted by molar-refractivity contribution is 0.0200. The Labute approximate surface area is 245 Å². The number of ether oxygens (including phenoxy) is 3. The highest BCUT2D eigenvalue weighted by Gasteiger charge is 2.38. The summed E-state index contributed by atoms with van der Waals surface area (Å²) in [7, 11) is 3.14. The number of nitrogens with zero attached hydrogens (tertiary/aromatic N) is 1. The van der Waals surface area contributed by atoms with Crippen molar-refractivity contribution < 1.29 is 34.6 Å². The quantitative estimate of drug-likeness (QED) is 0.257. The number of fused-ring (bicyclic) bond motifs is 5. The Balaban J connectivity index is 1.43. The molecule has 0 fully saturated rings. The first-order valence-electron chi connectivity index (χ1n) is 14.5. The van der Waals surface area contributed by atoms with Crippen molar-refractivity contribution in [2.24, 2.45) is 0 Å². The van der Waals surface area contributed by atoms with Crippen molar-refractivity contribution in [2.75, 3.05) is 34.0 Å². The van der Waals surface area contributed by atoms with E-state index in [1.807, 2.05) is 30.5 Å². The normalized spacial score (nSPS) is 20.3. The number of aliphatic hydroxyl groups is 2. The van der Waals surface area contributed by atoms with Crippen LogP contribution in [0.5, 0.6) is 28.7 Å². The maximum absolute atomic E-state index is 11.6. The van der Waals surface area contributed by atoms with Crippen LogP contribution in [0.3, 0.4) is 0 Å². The van der Waals surface area contributed by atoms with E-state index in [-0.39, 0.29) is 24.0 Å². The Kier molecular flexibility index (Phi) is 7.79. The summed E-state index contributed by atoms with van der Waals surface area (Å²) in [4.78, 5) is 2.23. The molecule has 5 N–H and O–H groups in total. The monoisotopic (exact) mass is 574 g/mol. The van der Waals surface area contributed by atoms with Crippen LogP contribution in [-0.4, -0.2) is 65.5 Å².